The van der Waals surface area contributed by atoms with Crippen LogP contribution in [-0.4, -0.2) is 5.97 Å². The maximum atomic E-state index is 12.7. The molecule has 4 nitrogen and oxygen atoms in total. The average molecular weight is 371 g/mol. The van der Waals surface area contributed by atoms with E-state index in [2.05, 4.69) is 0 Å². The van der Waals surface area contributed by atoms with Crippen molar-refractivity contribution in [3.63, 3.8) is 0 Å². The average Bonchev–Trinajstić information content (AvgIpc) is 2.54. The van der Waals surface area contributed by atoms with E-state index in [4.69, 9.17) is 20.8 Å². The van der Waals surface area contributed by atoms with Crippen molar-refractivity contribution in [3.05, 3.63) is 64.0 Å². The molecule has 0 unspecified atom stereocenters. The number of ether oxygens (including phenoxy) is 1. The fraction of sp³-hybridized carbons (Fsp3) is 0.238. The summed E-state index contributed by atoms with van der Waals surface area (Å²) < 4.78 is 11.0. The Balaban J connectivity index is 1.92. The maximum absolute atomic E-state index is 12.7. The molecule has 0 aliphatic heterocycles. The van der Waals surface area contributed by atoms with Gasteiger partial charge in [-0.15, -0.1) is 0 Å². The Bertz CT molecular complexity index is 1010. The predicted molar refractivity (Wildman–Crippen MR) is 103 cm³/mol. The van der Waals surface area contributed by atoms with Crippen LogP contribution in [0, 0.1) is 5.41 Å². The zero-order chi connectivity index (χ0) is 18.9. The van der Waals surface area contributed by atoms with E-state index in [1.807, 2.05) is 20.8 Å². The van der Waals surface area contributed by atoms with E-state index in [1.54, 1.807) is 42.5 Å². The highest BCUT2D eigenvalue weighted by molar-refractivity contribution is 6.30. The van der Waals surface area contributed by atoms with Gasteiger partial charge in [0.2, 0.25) is 0 Å². The second-order valence-corrected chi connectivity index (χ2v) is 7.79. The molecule has 0 aliphatic rings. The van der Waals surface area contributed by atoms with Crippen molar-refractivity contribution in [2.45, 2.75) is 27.2 Å². The van der Waals surface area contributed by atoms with Gasteiger partial charge in [0.05, 0.1) is 17.4 Å². The summed E-state index contributed by atoms with van der Waals surface area (Å²) in [6, 6.07) is 11.7. The third-order valence-corrected chi connectivity index (χ3v) is 4.06. The summed E-state index contributed by atoms with van der Waals surface area (Å²) in [5, 5.41) is 1.02. The van der Waals surface area contributed by atoms with Gasteiger partial charge in [0, 0.05) is 11.1 Å². The molecule has 3 aromatic rings. The first-order valence-electron chi connectivity index (χ1n) is 8.25. The summed E-state index contributed by atoms with van der Waals surface area (Å²) in [5.41, 5.74) is 1.24. The summed E-state index contributed by atoms with van der Waals surface area (Å²) in [7, 11) is 0. The van der Waals surface area contributed by atoms with Gasteiger partial charge in [0.15, 0.2) is 5.43 Å². The monoisotopic (exact) mass is 370 g/mol. The lowest BCUT2D eigenvalue weighted by molar-refractivity contribution is -0.136. The highest BCUT2D eigenvalue weighted by Crippen LogP contribution is 2.25. The van der Waals surface area contributed by atoms with Gasteiger partial charge in [0.25, 0.3) is 0 Å². The van der Waals surface area contributed by atoms with E-state index in [0.717, 1.165) is 5.56 Å². The fourth-order valence-corrected chi connectivity index (χ4v) is 2.73. The van der Waals surface area contributed by atoms with Gasteiger partial charge in [-0.3, -0.25) is 9.59 Å². The standard InChI is InChI=1S/C21H19ClO4/c1-21(2,3)11-19(23)26-15-8-9-16-18(10-15)25-12-17(20(16)24)13-4-6-14(22)7-5-13/h4-10,12H,11H2,1-3H3. The van der Waals surface area contributed by atoms with E-state index in [0.29, 0.717) is 33.7 Å². The summed E-state index contributed by atoms with van der Waals surface area (Å²) in [6.07, 6.45) is 1.71. The molecule has 1 heterocycles. The SMILES string of the molecule is CC(C)(C)CC(=O)Oc1ccc2c(=O)c(-c3ccc(Cl)cc3)coc2c1. The Morgan fingerprint density at radius 2 is 1.81 bits per heavy atom. The molecule has 3 rings (SSSR count). The molecule has 5 heteroatoms. The van der Waals surface area contributed by atoms with Crippen molar-refractivity contribution in [2.75, 3.05) is 0 Å². The summed E-state index contributed by atoms with van der Waals surface area (Å²) in [6.45, 7) is 5.89. The van der Waals surface area contributed by atoms with Gasteiger partial charge in [-0.1, -0.05) is 44.5 Å². The molecule has 0 bridgehead atoms. The molecule has 26 heavy (non-hydrogen) atoms. The molecule has 0 spiro atoms. The molecule has 0 atom stereocenters. The van der Waals surface area contributed by atoms with Crippen LogP contribution in [0.15, 0.2) is 57.9 Å². The van der Waals surface area contributed by atoms with E-state index < -0.39 is 0 Å². The number of hydrogen-bond acceptors (Lipinski definition) is 4. The van der Waals surface area contributed by atoms with Crippen molar-refractivity contribution in [3.8, 4) is 16.9 Å². The molecular weight excluding hydrogens is 352 g/mol. The van der Waals surface area contributed by atoms with Gasteiger partial charge in [-0.2, -0.15) is 0 Å². The minimum atomic E-state index is -0.322. The number of fused-ring (bicyclic) bond motifs is 1. The molecular formula is C21H19ClO4. The minimum absolute atomic E-state index is 0.152. The molecule has 2 aromatic carbocycles. The smallest absolute Gasteiger partial charge is 0.311 e. The Morgan fingerprint density at radius 3 is 2.46 bits per heavy atom. The maximum Gasteiger partial charge on any atom is 0.311 e. The number of esters is 1. The van der Waals surface area contributed by atoms with Crippen LogP contribution >= 0.6 is 11.6 Å². The molecule has 0 radical (unpaired) electrons. The van der Waals surface area contributed by atoms with Gasteiger partial charge in [-0.25, -0.2) is 0 Å². The second kappa shape index (κ2) is 6.96. The Hall–Kier alpha value is -2.59. The number of carbonyl (C=O) groups excluding carboxylic acids is 1. The number of benzene rings is 2. The Labute approximate surface area is 156 Å². The second-order valence-electron chi connectivity index (χ2n) is 7.35. The topological polar surface area (TPSA) is 56.5 Å². The van der Waals surface area contributed by atoms with E-state index in [-0.39, 0.29) is 16.8 Å². The lowest BCUT2D eigenvalue weighted by Crippen LogP contribution is -2.17. The van der Waals surface area contributed by atoms with Crippen molar-refractivity contribution in [1.82, 2.24) is 0 Å². The van der Waals surface area contributed by atoms with Gasteiger partial charge in [-0.05, 0) is 35.2 Å². The van der Waals surface area contributed by atoms with Crippen molar-refractivity contribution >= 4 is 28.5 Å². The van der Waals surface area contributed by atoms with Gasteiger partial charge >= 0.3 is 5.97 Å². The van der Waals surface area contributed by atoms with Gasteiger partial charge < -0.3 is 9.15 Å². The molecule has 0 aliphatic carbocycles. The van der Waals surface area contributed by atoms with Crippen LogP contribution < -0.4 is 10.2 Å². The Morgan fingerprint density at radius 1 is 1.12 bits per heavy atom. The molecule has 0 saturated heterocycles. The molecule has 1 aromatic heterocycles. The quantitative estimate of drug-likeness (QED) is 0.454. The Kier molecular flexibility index (Phi) is 4.88. The summed E-state index contributed by atoms with van der Waals surface area (Å²) in [4.78, 5) is 24.7. The molecule has 134 valence electrons. The summed E-state index contributed by atoms with van der Waals surface area (Å²) >= 11 is 5.89. The molecule has 0 fully saturated rings. The van der Waals surface area contributed by atoms with Crippen molar-refractivity contribution in [1.29, 1.82) is 0 Å². The van der Waals surface area contributed by atoms with Crippen LogP contribution in [0.2, 0.25) is 5.02 Å². The highest BCUT2D eigenvalue weighted by Gasteiger charge is 2.18. The summed E-state index contributed by atoms with van der Waals surface area (Å²) in [5.74, 6) is 0.0334. The van der Waals surface area contributed by atoms with Crippen LogP contribution in [0.5, 0.6) is 5.75 Å². The van der Waals surface area contributed by atoms with Crippen LogP contribution in [0.1, 0.15) is 27.2 Å². The van der Waals surface area contributed by atoms with Crippen molar-refractivity contribution in [2.24, 2.45) is 5.41 Å². The molecule has 0 amide bonds. The zero-order valence-electron chi connectivity index (χ0n) is 14.8. The number of halogens is 1. The number of carbonyl (C=O) groups is 1. The van der Waals surface area contributed by atoms with Gasteiger partial charge in [0.1, 0.15) is 17.6 Å². The first-order chi connectivity index (χ1) is 12.2. The molecule has 0 saturated carbocycles. The minimum Gasteiger partial charge on any atom is -0.463 e. The van der Waals surface area contributed by atoms with Crippen LogP contribution in [-0.2, 0) is 4.79 Å². The lowest BCUT2D eigenvalue weighted by Gasteiger charge is -2.16. The third-order valence-electron chi connectivity index (χ3n) is 3.81. The van der Waals surface area contributed by atoms with Crippen LogP contribution in [0.3, 0.4) is 0 Å². The van der Waals surface area contributed by atoms with Crippen LogP contribution in [0.4, 0.5) is 0 Å². The van der Waals surface area contributed by atoms with Crippen molar-refractivity contribution < 1.29 is 13.9 Å². The van der Waals surface area contributed by atoms with E-state index >= 15 is 0 Å². The predicted octanol–water partition coefficient (Wildman–Crippen LogP) is 5.46. The third kappa shape index (κ3) is 4.14. The first-order valence-corrected chi connectivity index (χ1v) is 8.63. The molecule has 0 N–H and O–H groups in total. The van der Waals surface area contributed by atoms with E-state index in [1.165, 1.54) is 6.26 Å². The lowest BCUT2D eigenvalue weighted by atomic mass is 9.92. The number of rotatable bonds is 3. The van der Waals surface area contributed by atoms with E-state index in [9.17, 15) is 9.59 Å². The first kappa shape index (κ1) is 18.2. The fourth-order valence-electron chi connectivity index (χ4n) is 2.60. The zero-order valence-corrected chi connectivity index (χ0v) is 15.6. The highest BCUT2D eigenvalue weighted by atomic mass is 35.5. The largest absolute Gasteiger partial charge is 0.463 e. The van der Waals surface area contributed by atoms with Crippen LogP contribution in [0.25, 0.3) is 22.1 Å². The normalized spacial score (nSPS) is 11.5. The number of hydrogen-bond donors (Lipinski definition) is 0.